The molecule has 3 nitrogen and oxygen atoms in total. The molecular formula is C14H19ClN2OS. The van der Waals surface area contributed by atoms with Crippen molar-refractivity contribution in [2.45, 2.75) is 13.5 Å². The second-order valence-corrected chi connectivity index (χ2v) is 6.72. The maximum Gasteiger partial charge on any atom is 0.226 e. The van der Waals surface area contributed by atoms with Gasteiger partial charge in [-0.2, -0.15) is 0 Å². The molecule has 0 saturated carbocycles. The number of halogens is 1. The van der Waals surface area contributed by atoms with E-state index in [0.717, 1.165) is 22.3 Å². The summed E-state index contributed by atoms with van der Waals surface area (Å²) < 4.78 is 0.761. The van der Waals surface area contributed by atoms with Gasteiger partial charge in [0, 0.05) is 17.3 Å². The number of thiophene rings is 1. The molecular weight excluding hydrogens is 280 g/mol. The van der Waals surface area contributed by atoms with E-state index in [2.05, 4.69) is 11.9 Å². The Morgan fingerprint density at radius 3 is 2.89 bits per heavy atom. The van der Waals surface area contributed by atoms with Crippen LogP contribution in [0.4, 0.5) is 0 Å². The van der Waals surface area contributed by atoms with Gasteiger partial charge in [-0.25, -0.2) is 0 Å². The third-order valence-corrected chi connectivity index (χ3v) is 4.76. The Hall–Kier alpha value is -0.840. The highest BCUT2D eigenvalue weighted by Gasteiger charge is 2.31. The smallest absolute Gasteiger partial charge is 0.226 e. The van der Waals surface area contributed by atoms with Crippen LogP contribution in [0.1, 0.15) is 11.8 Å². The average Bonchev–Trinajstić information content (AvgIpc) is 2.71. The zero-order valence-corrected chi connectivity index (χ0v) is 12.6. The van der Waals surface area contributed by atoms with Crippen LogP contribution in [0, 0.1) is 11.8 Å². The molecule has 1 aliphatic rings. The van der Waals surface area contributed by atoms with Crippen molar-refractivity contribution < 1.29 is 4.79 Å². The first-order chi connectivity index (χ1) is 9.11. The van der Waals surface area contributed by atoms with Gasteiger partial charge in [-0.3, -0.25) is 4.79 Å². The third kappa shape index (κ3) is 3.59. The molecule has 2 heterocycles. The maximum atomic E-state index is 12.5. The van der Waals surface area contributed by atoms with Crippen LogP contribution in [0.15, 0.2) is 24.8 Å². The summed E-state index contributed by atoms with van der Waals surface area (Å²) in [5.41, 5.74) is 0. The van der Waals surface area contributed by atoms with Crippen LogP contribution in [-0.4, -0.2) is 30.4 Å². The van der Waals surface area contributed by atoms with Gasteiger partial charge in [0.15, 0.2) is 0 Å². The fourth-order valence-corrected chi connectivity index (χ4v) is 3.27. The van der Waals surface area contributed by atoms with Crippen molar-refractivity contribution in [1.29, 1.82) is 0 Å². The zero-order chi connectivity index (χ0) is 13.8. The monoisotopic (exact) mass is 298 g/mol. The van der Waals surface area contributed by atoms with E-state index < -0.39 is 0 Å². The largest absolute Gasteiger partial charge is 0.334 e. The van der Waals surface area contributed by atoms with Crippen molar-refractivity contribution in [3.8, 4) is 0 Å². The fourth-order valence-electron chi connectivity index (χ4n) is 2.17. The Labute approximate surface area is 123 Å². The minimum atomic E-state index is 0.0663. The lowest BCUT2D eigenvalue weighted by Gasteiger charge is -2.34. The number of rotatable bonds is 6. The Kier molecular flexibility index (Phi) is 5.02. The molecule has 1 saturated heterocycles. The van der Waals surface area contributed by atoms with Gasteiger partial charge in [0.25, 0.3) is 0 Å². The molecule has 0 bridgehead atoms. The minimum absolute atomic E-state index is 0.0663. The summed E-state index contributed by atoms with van der Waals surface area (Å²) in [6.07, 6.45) is 1.78. The summed E-state index contributed by atoms with van der Waals surface area (Å²) in [7, 11) is 0. The molecule has 1 aliphatic heterocycles. The SMILES string of the molecule is C=CCN(Cc1ccc(Cl)s1)C(=O)C(C)C1CNC1. The maximum absolute atomic E-state index is 12.5. The number of carbonyl (C=O) groups excluding carboxylic acids is 1. The van der Waals surface area contributed by atoms with Crippen molar-refractivity contribution in [2.75, 3.05) is 19.6 Å². The highest BCUT2D eigenvalue weighted by atomic mass is 35.5. The first-order valence-electron chi connectivity index (χ1n) is 6.46. The topological polar surface area (TPSA) is 32.3 Å². The van der Waals surface area contributed by atoms with E-state index in [1.807, 2.05) is 24.0 Å². The predicted octanol–water partition coefficient (Wildman–Crippen LogP) is 2.77. The molecule has 1 unspecified atom stereocenters. The second kappa shape index (κ2) is 6.55. The van der Waals surface area contributed by atoms with Crippen molar-refractivity contribution in [3.63, 3.8) is 0 Å². The lowest BCUT2D eigenvalue weighted by molar-refractivity contribution is -0.137. The molecule has 5 heteroatoms. The van der Waals surface area contributed by atoms with E-state index >= 15 is 0 Å². The summed E-state index contributed by atoms with van der Waals surface area (Å²) in [6, 6.07) is 3.85. The molecule has 0 aromatic carbocycles. The van der Waals surface area contributed by atoms with Crippen LogP contribution < -0.4 is 5.32 Å². The van der Waals surface area contributed by atoms with E-state index in [-0.39, 0.29) is 11.8 Å². The standard InChI is InChI=1S/C14H19ClN2OS/c1-3-6-17(9-12-4-5-13(15)19-12)14(18)10(2)11-7-16-8-11/h3-5,10-11,16H,1,6-9H2,2H3. The number of amides is 1. The Morgan fingerprint density at radius 2 is 2.42 bits per heavy atom. The number of nitrogens with zero attached hydrogens (tertiary/aromatic N) is 1. The molecule has 1 N–H and O–H groups in total. The van der Waals surface area contributed by atoms with Gasteiger partial charge in [-0.1, -0.05) is 24.6 Å². The zero-order valence-electron chi connectivity index (χ0n) is 11.1. The number of nitrogens with one attached hydrogen (secondary N) is 1. The summed E-state index contributed by atoms with van der Waals surface area (Å²) in [5, 5.41) is 3.21. The highest BCUT2D eigenvalue weighted by Crippen LogP contribution is 2.24. The number of hydrogen-bond acceptors (Lipinski definition) is 3. The van der Waals surface area contributed by atoms with Crippen molar-refractivity contribution >= 4 is 28.8 Å². The molecule has 19 heavy (non-hydrogen) atoms. The molecule has 2 rings (SSSR count). The Bertz CT molecular complexity index is 456. The summed E-state index contributed by atoms with van der Waals surface area (Å²) in [4.78, 5) is 15.5. The molecule has 1 aromatic rings. The quantitative estimate of drug-likeness (QED) is 0.819. The van der Waals surface area contributed by atoms with E-state index in [9.17, 15) is 4.79 Å². The van der Waals surface area contributed by atoms with Crippen LogP contribution in [-0.2, 0) is 11.3 Å². The van der Waals surface area contributed by atoms with E-state index in [4.69, 9.17) is 11.6 Å². The first-order valence-corrected chi connectivity index (χ1v) is 7.66. The molecule has 1 fully saturated rings. The number of carbonyl (C=O) groups is 1. The van der Waals surface area contributed by atoms with Gasteiger partial charge in [0.1, 0.15) is 0 Å². The summed E-state index contributed by atoms with van der Waals surface area (Å²) >= 11 is 7.46. The average molecular weight is 299 g/mol. The molecule has 1 atom stereocenters. The van der Waals surface area contributed by atoms with E-state index in [1.54, 1.807) is 6.08 Å². The van der Waals surface area contributed by atoms with Crippen molar-refractivity contribution in [2.24, 2.45) is 11.8 Å². The van der Waals surface area contributed by atoms with Gasteiger partial charge in [0.2, 0.25) is 5.91 Å². The molecule has 0 aliphatic carbocycles. The molecule has 1 amide bonds. The van der Waals surface area contributed by atoms with Crippen LogP contribution in [0.5, 0.6) is 0 Å². The van der Waals surface area contributed by atoms with E-state index in [1.165, 1.54) is 11.3 Å². The van der Waals surface area contributed by atoms with Crippen molar-refractivity contribution in [1.82, 2.24) is 10.2 Å². The molecule has 1 aromatic heterocycles. The van der Waals surface area contributed by atoms with Crippen molar-refractivity contribution in [3.05, 3.63) is 34.0 Å². The van der Waals surface area contributed by atoms with Gasteiger partial charge in [-0.15, -0.1) is 17.9 Å². The van der Waals surface area contributed by atoms with Gasteiger partial charge < -0.3 is 10.2 Å². The highest BCUT2D eigenvalue weighted by molar-refractivity contribution is 7.16. The Morgan fingerprint density at radius 1 is 1.68 bits per heavy atom. The predicted molar refractivity (Wildman–Crippen MR) is 80.5 cm³/mol. The third-order valence-electron chi connectivity index (χ3n) is 3.55. The summed E-state index contributed by atoms with van der Waals surface area (Å²) in [5.74, 6) is 0.735. The molecule has 0 spiro atoms. The minimum Gasteiger partial charge on any atom is -0.334 e. The first kappa shape index (κ1) is 14.6. The van der Waals surface area contributed by atoms with Crippen LogP contribution >= 0.6 is 22.9 Å². The van der Waals surface area contributed by atoms with Gasteiger partial charge in [-0.05, 0) is 31.1 Å². The Balaban J connectivity index is 2.01. The van der Waals surface area contributed by atoms with Crippen LogP contribution in [0.2, 0.25) is 4.34 Å². The second-order valence-electron chi connectivity index (χ2n) is 4.92. The lowest BCUT2D eigenvalue weighted by atomic mass is 9.88. The molecule has 0 radical (unpaired) electrons. The normalized spacial score (nSPS) is 16.7. The van der Waals surface area contributed by atoms with Gasteiger partial charge >= 0.3 is 0 Å². The van der Waals surface area contributed by atoms with Gasteiger partial charge in [0.05, 0.1) is 10.9 Å². The molecule has 104 valence electrons. The fraction of sp³-hybridized carbons (Fsp3) is 0.500. The van der Waals surface area contributed by atoms with Crippen LogP contribution in [0.3, 0.4) is 0 Å². The lowest BCUT2D eigenvalue weighted by Crippen LogP contribution is -2.50. The summed E-state index contributed by atoms with van der Waals surface area (Å²) in [6.45, 7) is 8.85. The van der Waals surface area contributed by atoms with E-state index in [0.29, 0.717) is 19.0 Å². The number of hydrogen-bond donors (Lipinski definition) is 1. The van der Waals surface area contributed by atoms with Crippen LogP contribution in [0.25, 0.3) is 0 Å².